The van der Waals surface area contributed by atoms with E-state index in [1.165, 1.54) is 0 Å². The van der Waals surface area contributed by atoms with Crippen LogP contribution in [0.2, 0.25) is 0 Å². The molecule has 0 fully saturated rings. The minimum atomic E-state index is -0.932. The van der Waals surface area contributed by atoms with Crippen LogP contribution >= 0.6 is 0 Å². The zero-order chi connectivity index (χ0) is 30.0. The summed E-state index contributed by atoms with van der Waals surface area (Å²) in [6, 6.07) is 19.3. The molecule has 3 amide bonds. The van der Waals surface area contributed by atoms with Gasteiger partial charge >= 0.3 is 6.09 Å². The van der Waals surface area contributed by atoms with Gasteiger partial charge in [-0.3, -0.25) is 9.59 Å². The lowest BCUT2D eigenvalue weighted by atomic mass is 9.99. The van der Waals surface area contributed by atoms with Crippen LogP contribution in [0.5, 0.6) is 0 Å². The number of amides is 3. The van der Waals surface area contributed by atoms with Gasteiger partial charge in [-0.2, -0.15) is 0 Å². The summed E-state index contributed by atoms with van der Waals surface area (Å²) in [5.41, 5.74) is 1.43. The first kappa shape index (κ1) is 31.4. The van der Waals surface area contributed by atoms with Crippen molar-refractivity contribution in [2.75, 3.05) is 11.9 Å². The summed E-state index contributed by atoms with van der Waals surface area (Å²) in [7, 11) is 0. The van der Waals surface area contributed by atoms with Crippen LogP contribution in [-0.2, 0) is 14.3 Å². The highest BCUT2D eigenvalue weighted by atomic mass is 16.6. The Morgan fingerprint density at radius 2 is 1.68 bits per heavy atom. The minimum Gasteiger partial charge on any atom is -0.444 e. The second-order valence-corrected chi connectivity index (χ2v) is 11.3. The maximum atomic E-state index is 14.1. The Labute approximate surface area is 244 Å². The van der Waals surface area contributed by atoms with Crippen molar-refractivity contribution in [2.24, 2.45) is 0 Å². The molecule has 0 spiro atoms. The van der Waals surface area contributed by atoms with Crippen molar-refractivity contribution in [2.45, 2.75) is 78.0 Å². The van der Waals surface area contributed by atoms with E-state index in [1.54, 1.807) is 38.7 Å². The number of carbonyl (C=O) groups is 3. The van der Waals surface area contributed by atoms with Gasteiger partial charge in [0, 0.05) is 12.2 Å². The average Bonchev–Trinajstić information content (AvgIpc) is 2.93. The van der Waals surface area contributed by atoms with E-state index in [0.717, 1.165) is 42.0 Å². The molecular weight excluding hydrogens is 514 g/mol. The summed E-state index contributed by atoms with van der Waals surface area (Å²) in [6.45, 7) is 13.2. The summed E-state index contributed by atoms with van der Waals surface area (Å²) < 4.78 is 5.38. The Morgan fingerprint density at radius 1 is 0.951 bits per heavy atom. The number of unbranched alkanes of at least 4 members (excludes halogenated alkanes) is 3. The third kappa shape index (κ3) is 9.20. The first-order valence-electron chi connectivity index (χ1n) is 14.3. The van der Waals surface area contributed by atoms with Crippen molar-refractivity contribution < 1.29 is 19.1 Å². The standard InChI is InChI=1S/C34H43N3O4/c1-7-9-10-13-21-37(32(39)24(3)35-33(40)41-34(4,5)6)30(28-18-14-15-25(8-2)22-28)31(38)36-29-20-19-26-16-11-12-17-27(26)23-29/h8,11-12,14-20,22-24,30H,2,7,9-10,13,21H2,1,3-6H3,(H,35,40)(H,36,38). The summed E-state index contributed by atoms with van der Waals surface area (Å²) in [5, 5.41) is 7.77. The van der Waals surface area contributed by atoms with Crippen molar-refractivity contribution >= 4 is 40.4 Å². The number of hydrogen-bond donors (Lipinski definition) is 2. The van der Waals surface area contributed by atoms with Gasteiger partial charge in [0.05, 0.1) is 0 Å². The van der Waals surface area contributed by atoms with E-state index in [-0.39, 0.29) is 11.8 Å². The van der Waals surface area contributed by atoms with Gasteiger partial charge in [-0.25, -0.2) is 4.79 Å². The molecule has 3 aromatic carbocycles. The van der Waals surface area contributed by atoms with E-state index in [9.17, 15) is 14.4 Å². The van der Waals surface area contributed by atoms with Crippen molar-refractivity contribution in [3.05, 3.63) is 84.4 Å². The fraction of sp³-hybridized carbons (Fsp3) is 0.382. The SMILES string of the molecule is C=Cc1cccc(C(C(=O)Nc2ccc3ccccc3c2)N(CCCCCC)C(=O)C(C)NC(=O)OC(C)(C)C)c1. The normalized spacial score (nSPS) is 12.7. The van der Waals surface area contributed by atoms with E-state index in [2.05, 4.69) is 24.1 Å². The lowest BCUT2D eigenvalue weighted by molar-refractivity contribution is -0.140. The van der Waals surface area contributed by atoms with E-state index in [4.69, 9.17) is 4.74 Å². The first-order chi connectivity index (χ1) is 19.5. The molecule has 7 nitrogen and oxygen atoms in total. The highest BCUT2D eigenvalue weighted by Gasteiger charge is 2.34. The predicted molar refractivity (Wildman–Crippen MR) is 167 cm³/mol. The number of nitrogens with zero attached hydrogens (tertiary/aromatic N) is 1. The molecule has 0 radical (unpaired) electrons. The third-order valence-corrected chi connectivity index (χ3v) is 6.68. The monoisotopic (exact) mass is 557 g/mol. The van der Waals surface area contributed by atoms with Gasteiger partial charge in [-0.1, -0.05) is 87.4 Å². The molecule has 2 unspecified atom stereocenters. The molecule has 0 aromatic heterocycles. The van der Waals surface area contributed by atoms with E-state index >= 15 is 0 Å². The molecule has 0 aliphatic rings. The number of anilines is 1. The number of benzene rings is 3. The predicted octanol–water partition coefficient (Wildman–Crippen LogP) is 7.48. The molecule has 0 saturated heterocycles. The second-order valence-electron chi connectivity index (χ2n) is 11.3. The minimum absolute atomic E-state index is 0.338. The number of alkyl carbamates (subject to hydrolysis) is 1. The van der Waals surface area contributed by atoms with Gasteiger partial charge in [0.25, 0.3) is 5.91 Å². The summed E-state index contributed by atoms with van der Waals surface area (Å²) in [4.78, 5) is 42.1. The molecule has 2 N–H and O–H groups in total. The highest BCUT2D eigenvalue weighted by molar-refractivity contribution is 6.00. The molecule has 0 aliphatic carbocycles. The number of ether oxygens (including phenoxy) is 1. The molecule has 0 aliphatic heterocycles. The van der Waals surface area contributed by atoms with Crippen molar-refractivity contribution in [3.8, 4) is 0 Å². The van der Waals surface area contributed by atoms with Gasteiger partial charge in [0.1, 0.15) is 17.7 Å². The Balaban J connectivity index is 1.98. The van der Waals surface area contributed by atoms with Crippen LogP contribution in [0.15, 0.2) is 73.3 Å². The molecule has 218 valence electrons. The summed E-state index contributed by atoms with van der Waals surface area (Å²) in [6.07, 6.45) is 4.72. The van der Waals surface area contributed by atoms with Crippen LogP contribution in [0.1, 0.15) is 77.5 Å². The van der Waals surface area contributed by atoms with Crippen LogP contribution in [0.3, 0.4) is 0 Å². The third-order valence-electron chi connectivity index (χ3n) is 6.68. The number of fused-ring (bicyclic) bond motifs is 1. The number of carbonyl (C=O) groups excluding carboxylic acids is 3. The molecular formula is C34H43N3O4. The fourth-order valence-corrected chi connectivity index (χ4v) is 4.68. The largest absolute Gasteiger partial charge is 0.444 e. The maximum absolute atomic E-state index is 14.1. The maximum Gasteiger partial charge on any atom is 0.408 e. The van der Waals surface area contributed by atoms with Crippen LogP contribution < -0.4 is 10.6 Å². The zero-order valence-electron chi connectivity index (χ0n) is 24.9. The highest BCUT2D eigenvalue weighted by Crippen LogP contribution is 2.27. The second kappa shape index (κ2) is 14.5. The van der Waals surface area contributed by atoms with Gasteiger partial charge < -0.3 is 20.3 Å². The molecule has 3 aromatic rings. The van der Waals surface area contributed by atoms with Crippen LogP contribution in [-0.4, -0.2) is 41.0 Å². The zero-order valence-corrected chi connectivity index (χ0v) is 24.9. The van der Waals surface area contributed by atoms with Gasteiger partial charge in [-0.15, -0.1) is 0 Å². The van der Waals surface area contributed by atoms with E-state index in [0.29, 0.717) is 17.8 Å². The van der Waals surface area contributed by atoms with Gasteiger partial charge in [0.15, 0.2) is 0 Å². The van der Waals surface area contributed by atoms with E-state index in [1.807, 2.05) is 66.7 Å². The van der Waals surface area contributed by atoms with E-state index < -0.39 is 23.8 Å². The molecule has 7 heteroatoms. The topological polar surface area (TPSA) is 87.7 Å². The molecule has 2 atom stereocenters. The Bertz CT molecular complexity index is 1360. The number of nitrogens with one attached hydrogen (secondary N) is 2. The van der Waals surface area contributed by atoms with Gasteiger partial charge in [-0.05, 0) is 74.2 Å². The molecule has 0 saturated carbocycles. The Hall–Kier alpha value is -4.13. The quantitative estimate of drug-likeness (QED) is 0.226. The smallest absolute Gasteiger partial charge is 0.408 e. The first-order valence-corrected chi connectivity index (χ1v) is 14.3. The van der Waals surface area contributed by atoms with Crippen molar-refractivity contribution in [1.29, 1.82) is 0 Å². The van der Waals surface area contributed by atoms with Crippen LogP contribution in [0.25, 0.3) is 16.8 Å². The average molecular weight is 558 g/mol. The number of hydrogen-bond acceptors (Lipinski definition) is 4. The number of rotatable bonds is 12. The fourth-order valence-electron chi connectivity index (χ4n) is 4.68. The molecule has 41 heavy (non-hydrogen) atoms. The van der Waals surface area contributed by atoms with Crippen molar-refractivity contribution in [3.63, 3.8) is 0 Å². The Morgan fingerprint density at radius 3 is 2.37 bits per heavy atom. The molecule has 0 heterocycles. The molecule has 0 bridgehead atoms. The summed E-state index contributed by atoms with van der Waals surface area (Å²) >= 11 is 0. The molecule has 3 rings (SSSR count). The Kier molecular flexibility index (Phi) is 11.1. The van der Waals surface area contributed by atoms with Crippen molar-refractivity contribution in [1.82, 2.24) is 10.2 Å². The lowest BCUT2D eigenvalue weighted by Gasteiger charge is -2.34. The lowest BCUT2D eigenvalue weighted by Crippen LogP contribution is -2.51. The van der Waals surface area contributed by atoms with Crippen LogP contribution in [0, 0.1) is 0 Å². The van der Waals surface area contributed by atoms with Crippen LogP contribution in [0.4, 0.5) is 10.5 Å². The summed E-state index contributed by atoms with van der Waals surface area (Å²) in [5.74, 6) is -0.704. The van der Waals surface area contributed by atoms with Gasteiger partial charge in [0.2, 0.25) is 5.91 Å².